The zero-order valence-electron chi connectivity index (χ0n) is 14.5. The molecule has 5 nitrogen and oxygen atoms in total. The number of rotatable bonds is 3. The molecule has 0 unspecified atom stereocenters. The topological polar surface area (TPSA) is 65.2 Å². The van der Waals surface area contributed by atoms with Gasteiger partial charge in [-0.05, 0) is 35.7 Å². The molecule has 0 saturated heterocycles. The molecule has 8 heteroatoms. The van der Waals surface area contributed by atoms with Crippen molar-refractivity contribution in [3.05, 3.63) is 70.1 Å². The molecule has 3 rings (SSSR count). The number of hydrogen-bond donors (Lipinski definition) is 2. The van der Waals surface area contributed by atoms with Crippen LogP contribution in [0, 0.1) is 0 Å². The lowest BCUT2D eigenvalue weighted by Crippen LogP contribution is -2.21. The van der Waals surface area contributed by atoms with Gasteiger partial charge in [0.15, 0.2) is 0 Å². The van der Waals surface area contributed by atoms with Crippen molar-refractivity contribution in [2.75, 3.05) is 24.3 Å². The Kier molecular flexibility index (Phi) is 4.65. The van der Waals surface area contributed by atoms with Gasteiger partial charge in [-0.25, -0.2) is 0 Å². The number of amides is 1. The van der Waals surface area contributed by atoms with Gasteiger partial charge in [-0.1, -0.05) is 18.2 Å². The van der Waals surface area contributed by atoms with Gasteiger partial charge in [-0.3, -0.25) is 9.59 Å². The number of benzene rings is 2. The molecule has 0 aliphatic carbocycles. The van der Waals surface area contributed by atoms with Crippen LogP contribution in [0.3, 0.4) is 0 Å². The Morgan fingerprint density at radius 3 is 2.44 bits per heavy atom. The summed E-state index contributed by atoms with van der Waals surface area (Å²) in [5.41, 5.74) is -0.973. The number of nitrogens with zero attached hydrogens (tertiary/aromatic N) is 1. The van der Waals surface area contributed by atoms with Gasteiger partial charge in [0.05, 0.1) is 16.9 Å². The van der Waals surface area contributed by atoms with E-state index in [1.54, 1.807) is 43.3 Å². The van der Waals surface area contributed by atoms with Gasteiger partial charge >= 0.3 is 6.18 Å². The number of carbonyl (C=O) groups is 1. The van der Waals surface area contributed by atoms with E-state index >= 15 is 0 Å². The number of hydrogen-bond acceptors (Lipinski definition) is 3. The molecule has 2 aromatic carbocycles. The molecule has 0 spiro atoms. The quantitative estimate of drug-likeness (QED) is 0.731. The minimum atomic E-state index is -4.54. The summed E-state index contributed by atoms with van der Waals surface area (Å²) in [6.07, 6.45) is -4.54. The SMILES string of the molecule is CN(C)c1ccc(C(F)(F)F)cc1NC(=O)c1cc2ccccc2c(=O)[nH]1. The second-order valence-electron chi connectivity index (χ2n) is 6.18. The number of carbonyl (C=O) groups excluding carboxylic acids is 1. The molecule has 3 aromatic rings. The Hall–Kier alpha value is -3.29. The van der Waals surface area contributed by atoms with Gasteiger partial charge in [-0.2, -0.15) is 13.2 Å². The third kappa shape index (κ3) is 3.79. The van der Waals surface area contributed by atoms with E-state index in [1.807, 2.05) is 0 Å². The van der Waals surface area contributed by atoms with E-state index in [0.29, 0.717) is 16.5 Å². The van der Waals surface area contributed by atoms with Crippen LogP contribution in [0.2, 0.25) is 0 Å². The zero-order chi connectivity index (χ0) is 19.8. The normalized spacial score (nSPS) is 11.4. The van der Waals surface area contributed by atoms with E-state index < -0.39 is 23.2 Å². The van der Waals surface area contributed by atoms with Gasteiger partial charge < -0.3 is 15.2 Å². The molecule has 0 saturated carbocycles. The van der Waals surface area contributed by atoms with Crippen LogP contribution in [0.1, 0.15) is 16.1 Å². The molecule has 0 aliphatic heterocycles. The maximum atomic E-state index is 13.0. The third-order valence-corrected chi connectivity index (χ3v) is 4.05. The number of aromatic nitrogens is 1. The first-order valence-corrected chi connectivity index (χ1v) is 7.99. The maximum Gasteiger partial charge on any atom is 0.416 e. The summed E-state index contributed by atoms with van der Waals surface area (Å²) in [6, 6.07) is 11.3. The number of pyridine rings is 1. The fraction of sp³-hybridized carbons (Fsp3) is 0.158. The predicted octanol–water partition coefficient (Wildman–Crippen LogP) is 3.87. The summed E-state index contributed by atoms with van der Waals surface area (Å²) >= 11 is 0. The Balaban J connectivity index is 2.01. The molecule has 1 aromatic heterocycles. The highest BCUT2D eigenvalue weighted by atomic mass is 19.4. The van der Waals surface area contributed by atoms with Crippen LogP contribution in [0.25, 0.3) is 10.8 Å². The minimum Gasteiger partial charge on any atom is -0.376 e. The third-order valence-electron chi connectivity index (χ3n) is 4.05. The molecular weight excluding hydrogens is 359 g/mol. The van der Waals surface area contributed by atoms with Crippen molar-refractivity contribution in [1.82, 2.24) is 4.98 Å². The molecule has 0 radical (unpaired) electrons. The number of fused-ring (bicyclic) bond motifs is 1. The second kappa shape index (κ2) is 6.79. The molecule has 0 aliphatic rings. The van der Waals surface area contributed by atoms with Crippen molar-refractivity contribution in [3.63, 3.8) is 0 Å². The van der Waals surface area contributed by atoms with Crippen molar-refractivity contribution < 1.29 is 18.0 Å². The summed E-state index contributed by atoms with van der Waals surface area (Å²) in [5, 5.41) is 3.44. The van der Waals surface area contributed by atoms with E-state index in [0.717, 1.165) is 12.1 Å². The van der Waals surface area contributed by atoms with E-state index in [4.69, 9.17) is 0 Å². The van der Waals surface area contributed by atoms with Crippen molar-refractivity contribution in [2.45, 2.75) is 6.18 Å². The number of nitrogens with one attached hydrogen (secondary N) is 2. The summed E-state index contributed by atoms with van der Waals surface area (Å²) in [5.74, 6) is -0.708. The molecular formula is C19H16F3N3O2. The van der Waals surface area contributed by atoms with Gasteiger partial charge in [-0.15, -0.1) is 0 Å². The maximum absolute atomic E-state index is 13.0. The van der Waals surface area contributed by atoms with Gasteiger partial charge in [0.25, 0.3) is 11.5 Å². The largest absolute Gasteiger partial charge is 0.416 e. The van der Waals surface area contributed by atoms with Gasteiger partial charge in [0, 0.05) is 19.5 Å². The van der Waals surface area contributed by atoms with Crippen LogP contribution in [0.15, 0.2) is 53.3 Å². The zero-order valence-corrected chi connectivity index (χ0v) is 14.5. The smallest absolute Gasteiger partial charge is 0.376 e. The first kappa shape index (κ1) is 18.5. The van der Waals surface area contributed by atoms with Gasteiger partial charge in [0.1, 0.15) is 5.69 Å². The molecule has 1 heterocycles. The van der Waals surface area contributed by atoms with E-state index in [9.17, 15) is 22.8 Å². The standard InChI is InChI=1S/C19H16F3N3O2/c1-25(2)16-8-7-12(19(20,21)22)10-14(16)23-18(27)15-9-11-5-3-4-6-13(11)17(26)24-15/h3-10H,1-2H3,(H,23,27)(H,24,26). The molecule has 140 valence electrons. The lowest BCUT2D eigenvalue weighted by molar-refractivity contribution is -0.137. The molecule has 27 heavy (non-hydrogen) atoms. The van der Waals surface area contributed by atoms with E-state index in [-0.39, 0.29) is 11.4 Å². The average Bonchev–Trinajstić information content (AvgIpc) is 2.60. The Morgan fingerprint density at radius 1 is 1.07 bits per heavy atom. The number of aromatic amines is 1. The second-order valence-corrected chi connectivity index (χ2v) is 6.18. The lowest BCUT2D eigenvalue weighted by atomic mass is 10.1. The van der Waals surface area contributed by atoms with Gasteiger partial charge in [0.2, 0.25) is 0 Å². The molecule has 0 bridgehead atoms. The Labute approximate surface area is 152 Å². The molecule has 0 fully saturated rings. The van der Waals surface area contributed by atoms with Crippen LogP contribution in [-0.4, -0.2) is 25.0 Å². The van der Waals surface area contributed by atoms with E-state index in [1.165, 1.54) is 12.1 Å². The van der Waals surface area contributed by atoms with Crippen LogP contribution < -0.4 is 15.8 Å². The summed E-state index contributed by atoms with van der Waals surface area (Å²) < 4.78 is 39.0. The number of halogens is 3. The highest BCUT2D eigenvalue weighted by Gasteiger charge is 2.31. The number of anilines is 2. The Bertz CT molecular complexity index is 1070. The van der Waals surface area contributed by atoms with E-state index in [2.05, 4.69) is 10.3 Å². The van der Waals surface area contributed by atoms with Crippen molar-refractivity contribution in [1.29, 1.82) is 0 Å². The Morgan fingerprint density at radius 2 is 1.78 bits per heavy atom. The van der Waals surface area contributed by atoms with Crippen LogP contribution >= 0.6 is 0 Å². The fourth-order valence-electron chi connectivity index (χ4n) is 2.73. The van der Waals surface area contributed by atoms with Crippen LogP contribution in [0.5, 0.6) is 0 Å². The van der Waals surface area contributed by atoms with Crippen LogP contribution in [-0.2, 0) is 6.18 Å². The summed E-state index contributed by atoms with van der Waals surface area (Å²) in [7, 11) is 3.30. The fourth-order valence-corrected chi connectivity index (χ4v) is 2.73. The molecule has 1 amide bonds. The monoisotopic (exact) mass is 375 g/mol. The minimum absolute atomic E-state index is 0.00571. The van der Waals surface area contributed by atoms with Crippen molar-refractivity contribution in [3.8, 4) is 0 Å². The first-order chi connectivity index (χ1) is 12.7. The van der Waals surface area contributed by atoms with Crippen molar-refractivity contribution >= 4 is 28.1 Å². The number of alkyl halides is 3. The highest BCUT2D eigenvalue weighted by molar-refractivity contribution is 6.06. The predicted molar refractivity (Wildman–Crippen MR) is 98.3 cm³/mol. The molecule has 2 N–H and O–H groups in total. The first-order valence-electron chi connectivity index (χ1n) is 7.99. The van der Waals surface area contributed by atoms with Crippen LogP contribution in [0.4, 0.5) is 24.5 Å². The summed E-state index contributed by atoms with van der Waals surface area (Å²) in [4.78, 5) is 28.7. The average molecular weight is 375 g/mol. The lowest BCUT2D eigenvalue weighted by Gasteiger charge is -2.19. The van der Waals surface area contributed by atoms with Crippen molar-refractivity contribution in [2.24, 2.45) is 0 Å². The summed E-state index contributed by atoms with van der Waals surface area (Å²) in [6.45, 7) is 0. The molecule has 0 atom stereocenters. The number of H-pyrrole nitrogens is 1. The highest BCUT2D eigenvalue weighted by Crippen LogP contribution is 2.35.